The monoisotopic (exact) mass is 282 g/mol. The zero-order valence-corrected chi connectivity index (χ0v) is 12.8. The molecular formula is C14H22N2O2S. The van der Waals surface area contributed by atoms with E-state index in [0.717, 1.165) is 5.56 Å². The van der Waals surface area contributed by atoms with Crippen LogP contribution in [0.15, 0.2) is 16.8 Å². The number of amides is 1. The van der Waals surface area contributed by atoms with Gasteiger partial charge in [-0.25, -0.2) is 0 Å². The summed E-state index contributed by atoms with van der Waals surface area (Å²) in [7, 11) is 0. The summed E-state index contributed by atoms with van der Waals surface area (Å²) in [4.78, 5) is 14.2. The van der Waals surface area contributed by atoms with Gasteiger partial charge in [0.2, 0.25) is 5.91 Å². The zero-order valence-electron chi connectivity index (χ0n) is 12.0. The van der Waals surface area contributed by atoms with Gasteiger partial charge in [-0.2, -0.15) is 11.3 Å². The van der Waals surface area contributed by atoms with Gasteiger partial charge in [0, 0.05) is 6.61 Å². The van der Waals surface area contributed by atoms with Gasteiger partial charge in [-0.1, -0.05) is 0 Å². The molecule has 1 saturated heterocycles. The summed E-state index contributed by atoms with van der Waals surface area (Å²) in [5.74, 6) is 0.143. The van der Waals surface area contributed by atoms with E-state index in [-0.39, 0.29) is 23.7 Å². The second-order valence-electron chi connectivity index (χ2n) is 5.51. The van der Waals surface area contributed by atoms with Crippen molar-refractivity contribution in [1.82, 2.24) is 10.2 Å². The van der Waals surface area contributed by atoms with Crippen LogP contribution in [0.2, 0.25) is 0 Å². The lowest BCUT2D eigenvalue weighted by atomic mass is 10.1. The summed E-state index contributed by atoms with van der Waals surface area (Å²) in [5.41, 5.74) is 0.819. The molecule has 0 radical (unpaired) electrons. The standard InChI is InChI=1S/C14H22N2O2S/c1-5-18-14(3,4)9-16-12(11-6-7-19-8-11)15-10(2)13(16)17/h6-8,10,12,15H,5,9H2,1-4H3. The van der Waals surface area contributed by atoms with Gasteiger partial charge in [-0.15, -0.1) is 0 Å². The highest BCUT2D eigenvalue weighted by atomic mass is 32.1. The first-order chi connectivity index (χ1) is 8.94. The van der Waals surface area contributed by atoms with E-state index in [2.05, 4.69) is 16.8 Å². The molecule has 0 spiro atoms. The van der Waals surface area contributed by atoms with Gasteiger partial charge in [0.25, 0.3) is 0 Å². The van der Waals surface area contributed by atoms with Crippen LogP contribution in [-0.2, 0) is 9.53 Å². The van der Waals surface area contributed by atoms with Crippen molar-refractivity contribution in [3.8, 4) is 0 Å². The molecule has 4 nitrogen and oxygen atoms in total. The summed E-state index contributed by atoms with van der Waals surface area (Å²) in [5, 5.41) is 7.47. The predicted molar refractivity (Wildman–Crippen MR) is 77.1 cm³/mol. The number of hydrogen-bond donors (Lipinski definition) is 1. The molecule has 0 aromatic carbocycles. The van der Waals surface area contributed by atoms with E-state index in [1.54, 1.807) is 11.3 Å². The minimum absolute atomic E-state index is 0.0338. The van der Waals surface area contributed by atoms with Crippen LogP contribution in [0.5, 0.6) is 0 Å². The Morgan fingerprint density at radius 3 is 2.84 bits per heavy atom. The van der Waals surface area contributed by atoms with Gasteiger partial charge < -0.3 is 9.64 Å². The SMILES string of the molecule is CCOC(C)(C)CN1C(=O)C(C)NC1c1ccsc1. The number of ether oxygens (including phenoxy) is 1. The summed E-state index contributed by atoms with van der Waals surface area (Å²) >= 11 is 1.65. The fourth-order valence-corrected chi connectivity index (χ4v) is 3.18. The molecule has 1 aliphatic rings. The van der Waals surface area contributed by atoms with Gasteiger partial charge >= 0.3 is 0 Å². The molecule has 0 aliphatic carbocycles. The summed E-state index contributed by atoms with van der Waals surface area (Å²) < 4.78 is 5.72. The van der Waals surface area contributed by atoms with Gasteiger partial charge in [0.1, 0.15) is 6.17 Å². The molecule has 1 aliphatic heterocycles. The topological polar surface area (TPSA) is 41.6 Å². The summed E-state index contributed by atoms with van der Waals surface area (Å²) in [6.07, 6.45) is -0.0338. The van der Waals surface area contributed by atoms with Crippen LogP contribution in [0.4, 0.5) is 0 Å². The molecule has 0 saturated carbocycles. The Morgan fingerprint density at radius 2 is 2.26 bits per heavy atom. The number of carbonyl (C=O) groups is 1. The maximum Gasteiger partial charge on any atom is 0.241 e. The lowest BCUT2D eigenvalue weighted by molar-refractivity contribution is -0.134. The van der Waals surface area contributed by atoms with Crippen LogP contribution in [0.1, 0.15) is 39.4 Å². The van der Waals surface area contributed by atoms with E-state index in [4.69, 9.17) is 4.74 Å². The molecule has 1 fully saturated rings. The molecule has 1 aromatic heterocycles. The first kappa shape index (κ1) is 14.5. The highest BCUT2D eigenvalue weighted by Crippen LogP contribution is 2.29. The molecule has 1 N–H and O–H groups in total. The number of rotatable bonds is 5. The van der Waals surface area contributed by atoms with Crippen molar-refractivity contribution >= 4 is 17.2 Å². The number of nitrogens with zero attached hydrogens (tertiary/aromatic N) is 1. The van der Waals surface area contributed by atoms with Crippen LogP contribution in [-0.4, -0.2) is 35.6 Å². The Kier molecular flexibility index (Phi) is 4.28. The molecule has 0 bridgehead atoms. The van der Waals surface area contributed by atoms with Crippen LogP contribution < -0.4 is 5.32 Å². The Bertz CT molecular complexity index is 431. The van der Waals surface area contributed by atoms with Gasteiger partial charge in [0.15, 0.2) is 0 Å². The van der Waals surface area contributed by atoms with E-state index in [1.165, 1.54) is 0 Å². The number of carbonyl (C=O) groups excluding carboxylic acids is 1. The largest absolute Gasteiger partial charge is 0.374 e. The average Bonchev–Trinajstić information content (AvgIpc) is 2.92. The molecule has 2 heterocycles. The first-order valence-corrected chi connectivity index (χ1v) is 7.61. The molecule has 1 amide bonds. The van der Waals surface area contributed by atoms with Crippen LogP contribution >= 0.6 is 11.3 Å². The number of thiophene rings is 1. The van der Waals surface area contributed by atoms with Crippen molar-refractivity contribution in [3.63, 3.8) is 0 Å². The van der Waals surface area contributed by atoms with Crippen molar-refractivity contribution in [1.29, 1.82) is 0 Å². The van der Waals surface area contributed by atoms with Crippen molar-refractivity contribution in [3.05, 3.63) is 22.4 Å². The maximum absolute atomic E-state index is 12.3. The maximum atomic E-state index is 12.3. The summed E-state index contributed by atoms with van der Waals surface area (Å²) in [6, 6.07) is 1.93. The third kappa shape index (κ3) is 3.16. The Morgan fingerprint density at radius 1 is 1.53 bits per heavy atom. The fourth-order valence-electron chi connectivity index (χ4n) is 2.50. The second kappa shape index (κ2) is 5.61. The highest BCUT2D eigenvalue weighted by Gasteiger charge is 2.40. The van der Waals surface area contributed by atoms with Gasteiger partial charge in [0.05, 0.1) is 18.2 Å². The number of nitrogens with one attached hydrogen (secondary N) is 1. The molecule has 5 heteroatoms. The van der Waals surface area contributed by atoms with Gasteiger partial charge in [-0.05, 0) is 50.1 Å². The Labute approximate surface area is 118 Å². The predicted octanol–water partition coefficient (Wildman–Crippen LogP) is 2.38. The van der Waals surface area contributed by atoms with Crippen LogP contribution in [0.25, 0.3) is 0 Å². The second-order valence-corrected chi connectivity index (χ2v) is 6.29. The van der Waals surface area contributed by atoms with Crippen molar-refractivity contribution in [2.45, 2.75) is 45.5 Å². The Hall–Kier alpha value is -0.910. The van der Waals surface area contributed by atoms with Crippen molar-refractivity contribution in [2.24, 2.45) is 0 Å². The van der Waals surface area contributed by atoms with E-state index in [9.17, 15) is 4.79 Å². The smallest absolute Gasteiger partial charge is 0.241 e. The molecule has 2 rings (SSSR count). The van der Waals surface area contributed by atoms with Crippen LogP contribution in [0.3, 0.4) is 0 Å². The van der Waals surface area contributed by atoms with Crippen LogP contribution in [0, 0.1) is 0 Å². The minimum Gasteiger partial charge on any atom is -0.374 e. The van der Waals surface area contributed by atoms with E-state index < -0.39 is 0 Å². The number of hydrogen-bond acceptors (Lipinski definition) is 4. The highest BCUT2D eigenvalue weighted by molar-refractivity contribution is 7.07. The summed E-state index contributed by atoms with van der Waals surface area (Å²) in [6.45, 7) is 9.19. The Balaban J connectivity index is 2.17. The normalized spacial score (nSPS) is 24.2. The van der Waals surface area contributed by atoms with Crippen molar-refractivity contribution < 1.29 is 9.53 Å². The molecule has 2 unspecified atom stereocenters. The van der Waals surface area contributed by atoms with E-state index >= 15 is 0 Å². The van der Waals surface area contributed by atoms with Gasteiger partial charge in [-0.3, -0.25) is 10.1 Å². The fraction of sp³-hybridized carbons (Fsp3) is 0.643. The first-order valence-electron chi connectivity index (χ1n) is 6.67. The van der Waals surface area contributed by atoms with Crippen molar-refractivity contribution in [2.75, 3.05) is 13.2 Å². The van der Waals surface area contributed by atoms with E-state index in [1.807, 2.05) is 38.0 Å². The zero-order chi connectivity index (χ0) is 14.0. The quantitative estimate of drug-likeness (QED) is 0.901. The third-order valence-electron chi connectivity index (χ3n) is 3.32. The lowest BCUT2D eigenvalue weighted by Gasteiger charge is -2.33. The third-order valence-corrected chi connectivity index (χ3v) is 4.02. The molecule has 1 aromatic rings. The molecule has 2 atom stereocenters. The molecule has 19 heavy (non-hydrogen) atoms. The molecular weight excluding hydrogens is 260 g/mol. The van der Waals surface area contributed by atoms with E-state index in [0.29, 0.717) is 13.2 Å². The average molecular weight is 282 g/mol. The lowest BCUT2D eigenvalue weighted by Crippen LogP contribution is -2.43. The minimum atomic E-state index is -0.329. The molecule has 106 valence electrons.